The van der Waals surface area contributed by atoms with E-state index in [1.54, 1.807) is 18.2 Å². The second-order valence-corrected chi connectivity index (χ2v) is 8.55. The van der Waals surface area contributed by atoms with E-state index in [0.29, 0.717) is 22.9 Å². The molecule has 0 aliphatic carbocycles. The molecule has 0 aromatic heterocycles. The number of piperidine rings is 1. The van der Waals surface area contributed by atoms with Crippen molar-refractivity contribution in [3.63, 3.8) is 0 Å². The van der Waals surface area contributed by atoms with Gasteiger partial charge in [-0.05, 0) is 62.8 Å². The first-order valence-electron chi connectivity index (χ1n) is 10.6. The Labute approximate surface area is 190 Å². The van der Waals surface area contributed by atoms with Gasteiger partial charge in [0.15, 0.2) is 0 Å². The summed E-state index contributed by atoms with van der Waals surface area (Å²) in [6.07, 6.45) is 7.41. The number of ether oxygens (including phenoxy) is 1. The maximum atomic E-state index is 12.3. The third-order valence-electron chi connectivity index (χ3n) is 5.39. The zero-order chi connectivity index (χ0) is 22.2. The number of hydrogen-bond donors (Lipinski definition) is 1. The largest absolute Gasteiger partial charge is 0.489 e. The van der Waals surface area contributed by atoms with Gasteiger partial charge in [0.05, 0.1) is 5.02 Å². The summed E-state index contributed by atoms with van der Waals surface area (Å²) in [4.78, 5) is 16.7. The van der Waals surface area contributed by atoms with E-state index in [4.69, 9.17) is 22.8 Å². The Morgan fingerprint density at radius 1 is 1.23 bits per heavy atom. The topological polar surface area (TPSA) is 44.8 Å². The van der Waals surface area contributed by atoms with E-state index in [-0.39, 0.29) is 12.0 Å². The average molecular weight is 440 g/mol. The number of carbonyl (C=O) groups excluding carboxylic acids is 1. The summed E-state index contributed by atoms with van der Waals surface area (Å²) < 4.78 is 6.14. The molecule has 0 unspecified atom stereocenters. The van der Waals surface area contributed by atoms with Gasteiger partial charge in [0.2, 0.25) is 0 Å². The molecule has 6 heteroatoms. The number of nitrogens with zero attached hydrogens (tertiary/aromatic N) is 2. The molecule has 0 bridgehead atoms. The maximum absolute atomic E-state index is 12.3. The fourth-order valence-electron chi connectivity index (χ4n) is 3.56. The van der Waals surface area contributed by atoms with Crippen molar-refractivity contribution in [3.8, 4) is 18.1 Å². The molecule has 1 aliphatic rings. The highest BCUT2D eigenvalue weighted by molar-refractivity contribution is 6.32. The molecule has 0 saturated carbocycles. The molecule has 1 saturated heterocycles. The molecule has 3 rings (SSSR count). The summed E-state index contributed by atoms with van der Waals surface area (Å²) in [6.45, 7) is 4.22. The van der Waals surface area contributed by atoms with Gasteiger partial charge in [0, 0.05) is 43.9 Å². The molecule has 1 heterocycles. The Kier molecular flexibility index (Phi) is 8.36. The Bertz CT molecular complexity index is 913. The van der Waals surface area contributed by atoms with Crippen LogP contribution in [0.3, 0.4) is 0 Å². The number of terminal acetylenes is 1. The highest BCUT2D eigenvalue weighted by Gasteiger charge is 2.21. The number of benzene rings is 2. The minimum Gasteiger partial charge on any atom is -0.489 e. The molecule has 1 amide bonds. The SMILES string of the molecule is C#Cc1ccc(CN2CCC(Oc3ccc(C(=O)NCCN(C)C)cc3Cl)CC2)cc1. The van der Waals surface area contributed by atoms with Crippen LogP contribution in [-0.2, 0) is 6.54 Å². The monoisotopic (exact) mass is 439 g/mol. The van der Waals surface area contributed by atoms with Gasteiger partial charge in [-0.1, -0.05) is 29.7 Å². The van der Waals surface area contributed by atoms with Crippen LogP contribution >= 0.6 is 11.6 Å². The smallest absolute Gasteiger partial charge is 0.251 e. The van der Waals surface area contributed by atoms with Crippen LogP contribution in [0, 0.1) is 12.3 Å². The van der Waals surface area contributed by atoms with E-state index in [1.807, 2.05) is 31.1 Å². The van der Waals surface area contributed by atoms with Crippen molar-refractivity contribution < 1.29 is 9.53 Å². The number of nitrogens with one attached hydrogen (secondary N) is 1. The van der Waals surface area contributed by atoms with Crippen LogP contribution < -0.4 is 10.1 Å². The molecule has 0 atom stereocenters. The lowest BCUT2D eigenvalue weighted by molar-refractivity contribution is 0.0948. The van der Waals surface area contributed by atoms with Gasteiger partial charge in [0.25, 0.3) is 5.91 Å². The summed E-state index contributed by atoms with van der Waals surface area (Å²) in [6, 6.07) is 13.4. The number of likely N-dealkylation sites (N-methyl/N-ethyl adjacent to an activating group) is 1. The van der Waals surface area contributed by atoms with E-state index < -0.39 is 0 Å². The Morgan fingerprint density at radius 2 is 1.94 bits per heavy atom. The summed E-state index contributed by atoms with van der Waals surface area (Å²) in [5, 5.41) is 3.36. The van der Waals surface area contributed by atoms with Gasteiger partial charge in [-0.3, -0.25) is 9.69 Å². The van der Waals surface area contributed by atoms with Crippen LogP contribution in [0.15, 0.2) is 42.5 Å². The summed E-state index contributed by atoms with van der Waals surface area (Å²) in [5.74, 6) is 3.16. The molecule has 1 fully saturated rings. The molecule has 5 nitrogen and oxygen atoms in total. The third kappa shape index (κ3) is 7.00. The number of amides is 1. The van der Waals surface area contributed by atoms with E-state index in [9.17, 15) is 4.79 Å². The quantitative estimate of drug-likeness (QED) is 0.637. The average Bonchev–Trinajstić information content (AvgIpc) is 2.76. The molecule has 0 spiro atoms. The number of carbonyl (C=O) groups is 1. The predicted octanol–water partition coefficient (Wildman–Crippen LogP) is 3.66. The molecular weight excluding hydrogens is 410 g/mol. The number of likely N-dealkylation sites (tertiary alicyclic amines) is 1. The van der Waals surface area contributed by atoms with Gasteiger partial charge in [0.1, 0.15) is 11.9 Å². The second-order valence-electron chi connectivity index (χ2n) is 8.14. The standard InChI is InChI=1S/C25H30ClN3O2/c1-4-19-5-7-20(8-6-19)18-29-14-11-22(12-15-29)31-24-10-9-21(17-23(24)26)25(30)27-13-16-28(2)3/h1,5-10,17,22H,11-16,18H2,2-3H3,(H,27,30). The lowest BCUT2D eigenvalue weighted by Crippen LogP contribution is -2.37. The van der Waals surface area contributed by atoms with Crippen molar-refractivity contribution in [2.45, 2.75) is 25.5 Å². The first kappa shape index (κ1) is 23.1. The van der Waals surface area contributed by atoms with E-state index in [2.05, 4.69) is 28.3 Å². The van der Waals surface area contributed by atoms with Crippen LogP contribution in [0.4, 0.5) is 0 Å². The molecule has 1 aliphatic heterocycles. The zero-order valence-electron chi connectivity index (χ0n) is 18.2. The molecule has 2 aromatic rings. The van der Waals surface area contributed by atoms with Crippen LogP contribution in [0.25, 0.3) is 0 Å². The van der Waals surface area contributed by atoms with Gasteiger partial charge in [-0.2, -0.15) is 0 Å². The van der Waals surface area contributed by atoms with Crippen molar-refractivity contribution in [1.29, 1.82) is 0 Å². The lowest BCUT2D eigenvalue weighted by atomic mass is 10.1. The van der Waals surface area contributed by atoms with E-state index in [1.165, 1.54) is 5.56 Å². The van der Waals surface area contributed by atoms with Crippen molar-refractivity contribution in [2.75, 3.05) is 40.3 Å². The number of halogens is 1. The van der Waals surface area contributed by atoms with Gasteiger partial charge < -0.3 is 15.0 Å². The molecule has 0 radical (unpaired) electrons. The van der Waals surface area contributed by atoms with Crippen molar-refractivity contribution in [3.05, 3.63) is 64.2 Å². The van der Waals surface area contributed by atoms with Gasteiger partial charge >= 0.3 is 0 Å². The Balaban J connectivity index is 1.47. The fraction of sp³-hybridized carbons (Fsp3) is 0.400. The maximum Gasteiger partial charge on any atom is 0.251 e. The highest BCUT2D eigenvalue weighted by atomic mass is 35.5. The zero-order valence-corrected chi connectivity index (χ0v) is 19.0. The highest BCUT2D eigenvalue weighted by Crippen LogP contribution is 2.28. The molecule has 1 N–H and O–H groups in total. The van der Waals surface area contributed by atoms with Crippen LogP contribution in [0.5, 0.6) is 5.75 Å². The second kappa shape index (κ2) is 11.2. The van der Waals surface area contributed by atoms with Crippen LogP contribution in [-0.4, -0.2) is 62.1 Å². The predicted molar refractivity (Wildman–Crippen MR) is 126 cm³/mol. The van der Waals surface area contributed by atoms with Gasteiger partial charge in [-0.15, -0.1) is 6.42 Å². The summed E-state index contributed by atoms with van der Waals surface area (Å²) in [5.41, 5.74) is 2.72. The minimum atomic E-state index is -0.126. The van der Waals surface area contributed by atoms with Gasteiger partial charge in [-0.25, -0.2) is 0 Å². The minimum absolute atomic E-state index is 0.123. The first-order chi connectivity index (χ1) is 14.9. The van der Waals surface area contributed by atoms with Crippen LogP contribution in [0.2, 0.25) is 5.02 Å². The Hall–Kier alpha value is -2.52. The first-order valence-corrected chi connectivity index (χ1v) is 11.0. The van der Waals surface area contributed by atoms with Crippen LogP contribution in [0.1, 0.15) is 34.3 Å². The van der Waals surface area contributed by atoms with E-state index in [0.717, 1.165) is 44.6 Å². The number of rotatable bonds is 8. The number of hydrogen-bond acceptors (Lipinski definition) is 4. The Morgan fingerprint density at radius 3 is 2.55 bits per heavy atom. The lowest BCUT2D eigenvalue weighted by Gasteiger charge is -2.32. The van der Waals surface area contributed by atoms with Crippen molar-refractivity contribution in [2.24, 2.45) is 0 Å². The molecular formula is C25H30ClN3O2. The fourth-order valence-corrected chi connectivity index (χ4v) is 3.79. The van der Waals surface area contributed by atoms with Crippen molar-refractivity contribution >= 4 is 17.5 Å². The van der Waals surface area contributed by atoms with E-state index >= 15 is 0 Å². The van der Waals surface area contributed by atoms with Crippen molar-refractivity contribution in [1.82, 2.24) is 15.1 Å². The molecule has 31 heavy (non-hydrogen) atoms. The summed E-state index contributed by atoms with van der Waals surface area (Å²) >= 11 is 6.40. The normalized spacial score (nSPS) is 14.9. The molecule has 2 aromatic carbocycles. The molecule has 164 valence electrons. The summed E-state index contributed by atoms with van der Waals surface area (Å²) in [7, 11) is 3.94. The third-order valence-corrected chi connectivity index (χ3v) is 5.69.